The van der Waals surface area contributed by atoms with Crippen LogP contribution in [-0.2, 0) is 20.2 Å². The first-order valence-electron chi connectivity index (χ1n) is 9.02. The number of likely N-dealkylation sites (N-methyl/N-ethyl adjacent to an activating group) is 1. The largest absolute Gasteiger partial charge is 0.325 e. The topological polar surface area (TPSA) is 57.7 Å². The molecule has 1 aliphatic rings. The predicted molar refractivity (Wildman–Crippen MR) is 109 cm³/mol. The van der Waals surface area contributed by atoms with E-state index in [-0.39, 0.29) is 22.4 Å². The third-order valence-electron chi connectivity index (χ3n) is 4.62. The molecule has 146 valence electrons. The average Bonchev–Trinajstić information content (AvgIpc) is 2.92. The fourth-order valence-electron chi connectivity index (χ4n) is 2.92. The van der Waals surface area contributed by atoms with Gasteiger partial charge in [-0.15, -0.1) is 11.8 Å². The average molecular weight is 399 g/mol. The lowest BCUT2D eigenvalue weighted by Gasteiger charge is -2.27. The molecule has 0 N–H and O–H groups in total. The zero-order valence-corrected chi connectivity index (χ0v) is 18.0. The fraction of sp³-hybridized carbons (Fsp3) is 0.632. The van der Waals surface area contributed by atoms with E-state index in [0.717, 1.165) is 5.56 Å². The van der Waals surface area contributed by atoms with Gasteiger partial charge in [-0.05, 0) is 23.0 Å². The van der Waals surface area contributed by atoms with Crippen LogP contribution in [-0.4, -0.2) is 55.2 Å². The Labute approximate surface area is 162 Å². The van der Waals surface area contributed by atoms with Crippen molar-refractivity contribution in [2.24, 2.45) is 0 Å². The molecule has 2 rings (SSSR count). The summed E-state index contributed by atoms with van der Waals surface area (Å²) in [5.74, 6) is 0.655. The molecule has 0 radical (unpaired) electrons. The zero-order valence-electron chi connectivity index (χ0n) is 16.4. The van der Waals surface area contributed by atoms with Crippen molar-refractivity contribution in [1.29, 1.82) is 0 Å². The molecule has 1 aromatic rings. The number of hydrogen-bond acceptors (Lipinski definition) is 4. The molecule has 0 aliphatic carbocycles. The van der Waals surface area contributed by atoms with Crippen LogP contribution in [0.1, 0.15) is 50.6 Å². The van der Waals surface area contributed by atoms with E-state index in [1.165, 1.54) is 9.87 Å². The lowest BCUT2D eigenvalue weighted by Crippen LogP contribution is -2.38. The normalized spacial score (nSPS) is 18.8. The molecule has 1 heterocycles. The van der Waals surface area contributed by atoms with Gasteiger partial charge in [0.15, 0.2) is 0 Å². The molecule has 0 spiro atoms. The monoisotopic (exact) mass is 398 g/mol. The van der Waals surface area contributed by atoms with E-state index in [0.29, 0.717) is 25.3 Å². The second-order valence-corrected chi connectivity index (χ2v) is 11.0. The third kappa shape index (κ3) is 5.02. The molecule has 5 nitrogen and oxygen atoms in total. The van der Waals surface area contributed by atoms with E-state index in [1.807, 2.05) is 6.92 Å². The highest BCUT2D eigenvalue weighted by molar-refractivity contribution is 8.00. The summed E-state index contributed by atoms with van der Waals surface area (Å²) in [6, 6.07) is 8.41. The molecule has 1 fully saturated rings. The van der Waals surface area contributed by atoms with E-state index in [4.69, 9.17) is 0 Å². The van der Waals surface area contributed by atoms with E-state index >= 15 is 0 Å². The molecule has 1 aliphatic heterocycles. The van der Waals surface area contributed by atoms with Gasteiger partial charge in [-0.3, -0.25) is 4.79 Å². The summed E-state index contributed by atoms with van der Waals surface area (Å²) in [6.45, 7) is 9.11. The highest BCUT2D eigenvalue weighted by atomic mass is 32.2. The summed E-state index contributed by atoms with van der Waals surface area (Å²) in [5.41, 5.74) is 2.44. The maximum Gasteiger partial charge on any atom is 0.233 e. The molecule has 0 aromatic heterocycles. The molecule has 1 amide bonds. The van der Waals surface area contributed by atoms with Crippen molar-refractivity contribution in [2.75, 3.05) is 31.6 Å². The number of hydrogen-bond donors (Lipinski definition) is 0. The van der Waals surface area contributed by atoms with Crippen LogP contribution in [0.15, 0.2) is 24.3 Å². The van der Waals surface area contributed by atoms with Gasteiger partial charge in [0.05, 0.1) is 11.5 Å². The fourth-order valence-corrected chi connectivity index (χ4v) is 5.33. The minimum Gasteiger partial charge on any atom is -0.325 e. The number of thioether (sulfide) groups is 1. The summed E-state index contributed by atoms with van der Waals surface area (Å²) < 4.78 is 25.6. The molecule has 1 saturated heterocycles. The molecule has 1 atom stereocenters. The van der Waals surface area contributed by atoms with Gasteiger partial charge in [0.1, 0.15) is 5.37 Å². The van der Waals surface area contributed by atoms with Gasteiger partial charge in [0.25, 0.3) is 0 Å². The van der Waals surface area contributed by atoms with Gasteiger partial charge >= 0.3 is 0 Å². The first-order valence-corrected chi connectivity index (χ1v) is 11.7. The molecule has 0 saturated carbocycles. The second-order valence-electron chi connectivity index (χ2n) is 7.76. The van der Waals surface area contributed by atoms with E-state index in [2.05, 4.69) is 45.0 Å². The van der Waals surface area contributed by atoms with Crippen LogP contribution >= 0.6 is 11.8 Å². The van der Waals surface area contributed by atoms with Crippen LogP contribution in [0.3, 0.4) is 0 Å². The van der Waals surface area contributed by atoms with Crippen LogP contribution in [0.4, 0.5) is 0 Å². The van der Waals surface area contributed by atoms with Crippen molar-refractivity contribution >= 4 is 27.7 Å². The van der Waals surface area contributed by atoms with Gasteiger partial charge < -0.3 is 4.90 Å². The van der Waals surface area contributed by atoms with Crippen LogP contribution in [0, 0.1) is 0 Å². The number of benzene rings is 1. The third-order valence-corrected chi connectivity index (χ3v) is 7.94. The summed E-state index contributed by atoms with van der Waals surface area (Å²) in [6.07, 6.45) is 0.591. The van der Waals surface area contributed by atoms with E-state index in [1.54, 1.807) is 23.7 Å². The van der Waals surface area contributed by atoms with Gasteiger partial charge in [0.2, 0.25) is 15.9 Å². The van der Waals surface area contributed by atoms with Crippen LogP contribution in [0.2, 0.25) is 0 Å². The van der Waals surface area contributed by atoms with Crippen LogP contribution in [0.5, 0.6) is 0 Å². The quantitative estimate of drug-likeness (QED) is 0.708. The van der Waals surface area contributed by atoms with Gasteiger partial charge in [-0.25, -0.2) is 12.7 Å². The molecular formula is C19H30N2O3S2. The van der Waals surface area contributed by atoms with Crippen molar-refractivity contribution in [1.82, 2.24) is 9.21 Å². The SMILES string of the molecule is CCCS(=O)(=O)N(C)CCN1C(=O)CSC1c1ccc(C(C)(C)C)cc1. The molecule has 7 heteroatoms. The first kappa shape index (κ1) is 21.3. The maximum atomic E-state index is 12.3. The van der Waals surface area contributed by atoms with Crippen molar-refractivity contribution in [2.45, 2.75) is 44.9 Å². The van der Waals surface area contributed by atoms with E-state index < -0.39 is 10.0 Å². The van der Waals surface area contributed by atoms with E-state index in [9.17, 15) is 13.2 Å². The lowest BCUT2D eigenvalue weighted by molar-refractivity contribution is -0.128. The predicted octanol–water partition coefficient (Wildman–Crippen LogP) is 3.23. The summed E-state index contributed by atoms with van der Waals surface area (Å²) in [4.78, 5) is 14.1. The molecule has 0 bridgehead atoms. The summed E-state index contributed by atoms with van der Waals surface area (Å²) in [5, 5.41) is -0.0428. The number of sulfonamides is 1. The maximum absolute atomic E-state index is 12.3. The Morgan fingerprint density at radius 2 is 1.85 bits per heavy atom. The molecule has 1 unspecified atom stereocenters. The van der Waals surface area contributed by atoms with Crippen LogP contribution < -0.4 is 0 Å². The van der Waals surface area contributed by atoms with Crippen molar-refractivity contribution < 1.29 is 13.2 Å². The smallest absolute Gasteiger partial charge is 0.233 e. The number of rotatable bonds is 7. The number of carbonyl (C=O) groups is 1. The highest BCUT2D eigenvalue weighted by Gasteiger charge is 2.33. The van der Waals surface area contributed by atoms with Crippen molar-refractivity contribution in [3.8, 4) is 0 Å². The number of amides is 1. The zero-order chi connectivity index (χ0) is 19.5. The number of nitrogens with zero attached hydrogens (tertiary/aromatic N) is 2. The Morgan fingerprint density at radius 3 is 2.38 bits per heavy atom. The Morgan fingerprint density at radius 1 is 1.23 bits per heavy atom. The van der Waals surface area contributed by atoms with Gasteiger partial charge in [0, 0.05) is 20.1 Å². The lowest BCUT2D eigenvalue weighted by atomic mass is 9.87. The second kappa shape index (κ2) is 8.31. The van der Waals surface area contributed by atoms with Crippen molar-refractivity contribution in [3.63, 3.8) is 0 Å². The molecular weight excluding hydrogens is 368 g/mol. The highest BCUT2D eigenvalue weighted by Crippen LogP contribution is 2.39. The Balaban J connectivity index is 2.09. The van der Waals surface area contributed by atoms with Crippen molar-refractivity contribution in [3.05, 3.63) is 35.4 Å². The first-order chi connectivity index (χ1) is 12.1. The standard InChI is InChI=1S/C19H30N2O3S2/c1-6-13-26(23,24)20(5)11-12-21-17(22)14-25-18(21)15-7-9-16(10-8-15)19(2,3)4/h7-10,18H,6,11-14H2,1-5H3. The Hall–Kier alpha value is -1.05. The number of carbonyl (C=O) groups excluding carboxylic acids is 1. The minimum absolute atomic E-state index is 0.0428. The Kier molecular flexibility index (Phi) is 6.80. The minimum atomic E-state index is -3.24. The Bertz CT molecular complexity index is 724. The summed E-state index contributed by atoms with van der Waals surface area (Å²) >= 11 is 1.60. The van der Waals surface area contributed by atoms with Gasteiger partial charge in [-0.1, -0.05) is 52.0 Å². The van der Waals surface area contributed by atoms with Crippen LogP contribution in [0.25, 0.3) is 0 Å². The molecule has 1 aromatic carbocycles. The summed E-state index contributed by atoms with van der Waals surface area (Å²) in [7, 11) is -1.65. The molecule has 26 heavy (non-hydrogen) atoms. The van der Waals surface area contributed by atoms with Gasteiger partial charge in [-0.2, -0.15) is 0 Å².